The average Bonchev–Trinajstić information content (AvgIpc) is 2.66. The van der Waals surface area contributed by atoms with Gasteiger partial charge < -0.3 is 10.8 Å². The van der Waals surface area contributed by atoms with Crippen LogP contribution >= 0.6 is 11.6 Å². The Hall–Kier alpha value is -2.52. The summed E-state index contributed by atoms with van der Waals surface area (Å²) in [5.41, 5.74) is 5.45. The van der Waals surface area contributed by atoms with Gasteiger partial charge in [0.2, 0.25) is 0 Å². The van der Waals surface area contributed by atoms with Crippen molar-refractivity contribution in [1.82, 2.24) is 9.78 Å². The van der Waals surface area contributed by atoms with E-state index < -0.39 is 5.97 Å². The molecule has 0 amide bonds. The van der Waals surface area contributed by atoms with E-state index in [1.54, 1.807) is 24.3 Å². The normalized spacial score (nSPS) is 10.0. The van der Waals surface area contributed by atoms with Gasteiger partial charge in [-0.1, -0.05) is 17.7 Å². The molecule has 90 valence electrons. The van der Waals surface area contributed by atoms with E-state index in [1.165, 1.54) is 6.07 Å². The highest BCUT2D eigenvalue weighted by molar-refractivity contribution is 6.30. The van der Waals surface area contributed by atoms with E-state index in [0.717, 1.165) is 4.68 Å². The van der Waals surface area contributed by atoms with Gasteiger partial charge in [-0.15, -0.1) is 0 Å². The van der Waals surface area contributed by atoms with Gasteiger partial charge in [-0.2, -0.15) is 10.4 Å². The Bertz CT molecular complexity index is 672. The molecule has 2 rings (SSSR count). The number of aromatic nitrogens is 2. The van der Waals surface area contributed by atoms with E-state index in [4.69, 9.17) is 27.7 Å². The third-order valence-corrected chi connectivity index (χ3v) is 2.52. The van der Waals surface area contributed by atoms with Gasteiger partial charge >= 0.3 is 5.97 Å². The molecule has 0 spiro atoms. The molecule has 0 saturated carbocycles. The van der Waals surface area contributed by atoms with Crippen molar-refractivity contribution >= 4 is 23.3 Å². The second-order valence-corrected chi connectivity index (χ2v) is 3.86. The van der Waals surface area contributed by atoms with Crippen LogP contribution in [0.2, 0.25) is 5.02 Å². The first-order chi connectivity index (χ1) is 8.54. The number of rotatable bonds is 2. The molecule has 0 aliphatic rings. The standard InChI is InChI=1S/C11H7ClN4O2/c12-6-2-1-3-7(4-6)16-10(11(17)18)9(14)8(5-13)15-16/h1-4H,14H2,(H,17,18). The van der Waals surface area contributed by atoms with Gasteiger partial charge in [0, 0.05) is 5.02 Å². The van der Waals surface area contributed by atoms with Gasteiger partial charge in [0.25, 0.3) is 0 Å². The van der Waals surface area contributed by atoms with Gasteiger partial charge in [-0.25, -0.2) is 9.48 Å². The number of halogens is 1. The van der Waals surface area contributed by atoms with Crippen molar-refractivity contribution in [1.29, 1.82) is 5.26 Å². The molecule has 1 heterocycles. The third-order valence-electron chi connectivity index (χ3n) is 2.28. The minimum Gasteiger partial charge on any atom is -0.476 e. The maximum Gasteiger partial charge on any atom is 0.356 e. The van der Waals surface area contributed by atoms with Gasteiger partial charge in [0.1, 0.15) is 11.8 Å². The monoisotopic (exact) mass is 262 g/mol. The number of carboxylic acids is 1. The fourth-order valence-corrected chi connectivity index (χ4v) is 1.70. The zero-order chi connectivity index (χ0) is 13.3. The largest absolute Gasteiger partial charge is 0.476 e. The highest BCUT2D eigenvalue weighted by atomic mass is 35.5. The van der Waals surface area contributed by atoms with Crippen molar-refractivity contribution in [3.63, 3.8) is 0 Å². The van der Waals surface area contributed by atoms with Crippen LogP contribution in [0.4, 0.5) is 5.69 Å². The van der Waals surface area contributed by atoms with E-state index >= 15 is 0 Å². The van der Waals surface area contributed by atoms with Crippen molar-refractivity contribution in [2.75, 3.05) is 5.73 Å². The lowest BCUT2D eigenvalue weighted by Gasteiger charge is -2.04. The van der Waals surface area contributed by atoms with E-state index in [1.807, 2.05) is 0 Å². The number of anilines is 1. The van der Waals surface area contributed by atoms with Crippen LogP contribution in [0.5, 0.6) is 0 Å². The summed E-state index contributed by atoms with van der Waals surface area (Å²) in [5, 5.41) is 22.2. The van der Waals surface area contributed by atoms with Crippen LogP contribution in [0.1, 0.15) is 16.2 Å². The Balaban J connectivity index is 2.72. The Morgan fingerprint density at radius 3 is 2.83 bits per heavy atom. The van der Waals surface area contributed by atoms with Gasteiger partial charge in [0.15, 0.2) is 11.4 Å². The number of carbonyl (C=O) groups is 1. The van der Waals surface area contributed by atoms with Crippen LogP contribution < -0.4 is 5.73 Å². The van der Waals surface area contributed by atoms with Crippen molar-refractivity contribution < 1.29 is 9.90 Å². The molecule has 0 bridgehead atoms. The van der Waals surface area contributed by atoms with Gasteiger partial charge in [-0.3, -0.25) is 0 Å². The predicted octanol–water partition coefficient (Wildman–Crippen LogP) is 1.68. The summed E-state index contributed by atoms with van der Waals surface area (Å²) < 4.78 is 1.09. The number of nitriles is 1. The predicted molar refractivity (Wildman–Crippen MR) is 64.7 cm³/mol. The summed E-state index contributed by atoms with van der Waals surface area (Å²) in [7, 11) is 0. The third kappa shape index (κ3) is 1.87. The summed E-state index contributed by atoms with van der Waals surface area (Å²) in [4.78, 5) is 11.1. The Kier molecular flexibility index (Phi) is 2.92. The number of nitrogens with zero attached hydrogens (tertiary/aromatic N) is 3. The smallest absolute Gasteiger partial charge is 0.356 e. The van der Waals surface area contributed by atoms with Crippen molar-refractivity contribution in [2.45, 2.75) is 0 Å². The highest BCUT2D eigenvalue weighted by Crippen LogP contribution is 2.22. The van der Waals surface area contributed by atoms with E-state index in [-0.39, 0.29) is 17.1 Å². The minimum absolute atomic E-state index is 0.132. The first kappa shape index (κ1) is 12.0. The van der Waals surface area contributed by atoms with Gasteiger partial charge in [0.05, 0.1) is 5.69 Å². The summed E-state index contributed by atoms with van der Waals surface area (Å²) in [6, 6.07) is 8.18. The quantitative estimate of drug-likeness (QED) is 0.856. The van der Waals surface area contributed by atoms with Crippen molar-refractivity contribution in [2.24, 2.45) is 0 Å². The maximum absolute atomic E-state index is 11.1. The number of nitrogens with two attached hydrogens (primary N) is 1. The number of carboxylic acid groups (broad SMARTS) is 1. The molecule has 0 fully saturated rings. The fraction of sp³-hybridized carbons (Fsp3) is 0. The van der Waals surface area contributed by atoms with Crippen LogP contribution in [0.15, 0.2) is 24.3 Å². The fourth-order valence-electron chi connectivity index (χ4n) is 1.51. The summed E-state index contributed by atoms with van der Waals surface area (Å²) in [6.45, 7) is 0. The first-order valence-corrected chi connectivity index (χ1v) is 5.20. The van der Waals surface area contributed by atoms with E-state index in [0.29, 0.717) is 10.7 Å². The molecule has 0 radical (unpaired) electrons. The van der Waals surface area contributed by atoms with Crippen LogP contribution in [0, 0.1) is 11.3 Å². The second-order valence-electron chi connectivity index (χ2n) is 3.42. The molecule has 1 aromatic carbocycles. The molecule has 6 nitrogen and oxygen atoms in total. The lowest BCUT2D eigenvalue weighted by Crippen LogP contribution is -2.09. The Morgan fingerprint density at radius 1 is 1.56 bits per heavy atom. The van der Waals surface area contributed by atoms with Crippen LogP contribution in [0.3, 0.4) is 0 Å². The van der Waals surface area contributed by atoms with E-state index in [9.17, 15) is 4.79 Å². The number of hydrogen-bond donors (Lipinski definition) is 2. The number of nitrogen functional groups attached to an aromatic ring is 1. The zero-order valence-electron chi connectivity index (χ0n) is 8.96. The molecule has 0 saturated heterocycles. The average molecular weight is 263 g/mol. The number of benzene rings is 1. The minimum atomic E-state index is -1.26. The van der Waals surface area contributed by atoms with Gasteiger partial charge in [-0.05, 0) is 18.2 Å². The molecule has 2 aromatic rings. The lowest BCUT2D eigenvalue weighted by atomic mass is 10.3. The molecule has 0 aliphatic carbocycles. The topological polar surface area (TPSA) is 105 Å². The molecular formula is C11H7ClN4O2. The Morgan fingerprint density at radius 2 is 2.28 bits per heavy atom. The van der Waals surface area contributed by atoms with Crippen molar-refractivity contribution in [3.8, 4) is 11.8 Å². The second kappa shape index (κ2) is 4.39. The SMILES string of the molecule is N#Cc1nn(-c2cccc(Cl)c2)c(C(=O)O)c1N. The lowest BCUT2D eigenvalue weighted by molar-refractivity contribution is 0.0688. The molecule has 0 atom stereocenters. The highest BCUT2D eigenvalue weighted by Gasteiger charge is 2.22. The van der Waals surface area contributed by atoms with Crippen molar-refractivity contribution in [3.05, 3.63) is 40.7 Å². The molecule has 0 unspecified atom stereocenters. The molecule has 0 aliphatic heterocycles. The summed E-state index contributed by atoms with van der Waals surface area (Å²) in [5.74, 6) is -1.26. The number of aromatic carboxylic acids is 1. The molecule has 7 heteroatoms. The summed E-state index contributed by atoms with van der Waals surface area (Å²) in [6.07, 6.45) is 0. The molecule has 1 aromatic heterocycles. The Labute approximate surface area is 107 Å². The molecule has 18 heavy (non-hydrogen) atoms. The summed E-state index contributed by atoms with van der Waals surface area (Å²) >= 11 is 5.82. The van der Waals surface area contributed by atoms with Crippen LogP contribution in [-0.2, 0) is 0 Å². The maximum atomic E-state index is 11.1. The molecular weight excluding hydrogens is 256 g/mol. The van der Waals surface area contributed by atoms with Crippen LogP contribution in [0.25, 0.3) is 5.69 Å². The zero-order valence-corrected chi connectivity index (χ0v) is 9.72. The van der Waals surface area contributed by atoms with Crippen LogP contribution in [-0.4, -0.2) is 20.9 Å². The van der Waals surface area contributed by atoms with E-state index in [2.05, 4.69) is 5.10 Å². The number of hydrogen-bond acceptors (Lipinski definition) is 4. The molecule has 3 N–H and O–H groups in total. The first-order valence-electron chi connectivity index (χ1n) is 4.82.